The van der Waals surface area contributed by atoms with Gasteiger partial charge in [-0.05, 0) is 17.0 Å². The van der Waals surface area contributed by atoms with Gasteiger partial charge in [0, 0.05) is 30.6 Å². The number of ether oxygens (including phenoxy) is 1. The third-order valence-corrected chi connectivity index (χ3v) is 4.14. The molecule has 0 spiro atoms. The molecule has 122 valence electrons. The average Bonchev–Trinajstić information content (AvgIpc) is 3.07. The minimum atomic E-state index is -0.304. The van der Waals surface area contributed by atoms with Gasteiger partial charge in [-0.2, -0.15) is 0 Å². The van der Waals surface area contributed by atoms with Crippen molar-refractivity contribution in [3.8, 4) is 5.88 Å². The lowest BCUT2D eigenvalue weighted by atomic mass is 10.1. The molecular weight excluding hydrogens is 314 g/mol. The molecule has 0 aromatic carbocycles. The summed E-state index contributed by atoms with van der Waals surface area (Å²) in [6.45, 7) is 1.83. The van der Waals surface area contributed by atoms with Gasteiger partial charge in [-0.25, -0.2) is 4.98 Å². The maximum absolute atomic E-state index is 12.1. The first-order chi connectivity index (χ1) is 11.1. The lowest BCUT2D eigenvalue weighted by Crippen LogP contribution is -2.32. The van der Waals surface area contributed by atoms with Crippen molar-refractivity contribution in [2.75, 3.05) is 7.11 Å². The highest BCUT2D eigenvalue weighted by atomic mass is 32.1. The summed E-state index contributed by atoms with van der Waals surface area (Å²) in [4.78, 5) is 28.5. The van der Waals surface area contributed by atoms with Gasteiger partial charge in [0.1, 0.15) is 0 Å². The SMILES string of the molecule is COc1ccc(CNC(=O)C[C@@H](NC(C)=O)c2cccs2)cn1. The Morgan fingerprint density at radius 3 is 2.74 bits per heavy atom. The molecule has 0 bridgehead atoms. The highest BCUT2D eigenvalue weighted by Crippen LogP contribution is 2.22. The van der Waals surface area contributed by atoms with Crippen LogP contribution >= 0.6 is 11.3 Å². The summed E-state index contributed by atoms with van der Waals surface area (Å²) >= 11 is 1.51. The second-order valence-corrected chi connectivity index (χ2v) is 5.94. The molecule has 1 atom stereocenters. The van der Waals surface area contributed by atoms with Crippen LogP contribution in [0.25, 0.3) is 0 Å². The van der Waals surface area contributed by atoms with E-state index in [1.807, 2.05) is 23.6 Å². The van der Waals surface area contributed by atoms with Gasteiger partial charge < -0.3 is 15.4 Å². The van der Waals surface area contributed by atoms with Crippen LogP contribution in [0.15, 0.2) is 35.8 Å². The second-order valence-electron chi connectivity index (χ2n) is 4.96. The summed E-state index contributed by atoms with van der Waals surface area (Å²) in [5, 5.41) is 7.57. The Balaban J connectivity index is 1.89. The molecule has 2 amide bonds. The number of hydrogen-bond donors (Lipinski definition) is 2. The van der Waals surface area contributed by atoms with E-state index in [2.05, 4.69) is 15.6 Å². The summed E-state index contributed by atoms with van der Waals surface area (Å²) < 4.78 is 4.99. The zero-order valence-electron chi connectivity index (χ0n) is 13.0. The number of aromatic nitrogens is 1. The van der Waals surface area contributed by atoms with Crippen LogP contribution in [0.1, 0.15) is 29.8 Å². The number of rotatable bonds is 7. The van der Waals surface area contributed by atoms with E-state index in [0.29, 0.717) is 12.4 Å². The Bertz CT molecular complexity index is 641. The summed E-state index contributed by atoms with van der Waals surface area (Å²) in [7, 11) is 1.55. The molecular formula is C16H19N3O3S. The van der Waals surface area contributed by atoms with Crippen LogP contribution in [-0.2, 0) is 16.1 Å². The number of thiophene rings is 1. The van der Waals surface area contributed by atoms with Gasteiger partial charge in [-0.15, -0.1) is 11.3 Å². The third kappa shape index (κ3) is 5.37. The molecule has 0 radical (unpaired) electrons. The van der Waals surface area contributed by atoms with Crippen molar-refractivity contribution in [3.05, 3.63) is 46.3 Å². The van der Waals surface area contributed by atoms with Gasteiger partial charge in [-0.1, -0.05) is 12.1 Å². The first kappa shape index (κ1) is 17.0. The number of amides is 2. The van der Waals surface area contributed by atoms with Crippen LogP contribution in [0, 0.1) is 0 Å². The zero-order chi connectivity index (χ0) is 16.7. The molecule has 0 aliphatic rings. The minimum absolute atomic E-state index is 0.132. The molecule has 2 aromatic rings. The quantitative estimate of drug-likeness (QED) is 0.812. The predicted molar refractivity (Wildman–Crippen MR) is 88.1 cm³/mol. The number of carbonyl (C=O) groups excluding carboxylic acids is 2. The molecule has 0 unspecified atom stereocenters. The Kier molecular flexibility index (Phi) is 6.10. The van der Waals surface area contributed by atoms with E-state index >= 15 is 0 Å². The molecule has 0 aliphatic heterocycles. The number of methoxy groups -OCH3 is 1. The Morgan fingerprint density at radius 2 is 2.17 bits per heavy atom. The number of pyridine rings is 1. The topological polar surface area (TPSA) is 80.3 Å². The van der Waals surface area contributed by atoms with Crippen LogP contribution in [0.4, 0.5) is 0 Å². The molecule has 6 nitrogen and oxygen atoms in total. The summed E-state index contributed by atoms with van der Waals surface area (Å²) in [6, 6.07) is 7.09. The van der Waals surface area contributed by atoms with Crippen molar-refractivity contribution in [1.29, 1.82) is 0 Å². The first-order valence-corrected chi connectivity index (χ1v) is 8.02. The van der Waals surface area contributed by atoms with Crippen molar-refractivity contribution in [1.82, 2.24) is 15.6 Å². The molecule has 23 heavy (non-hydrogen) atoms. The van der Waals surface area contributed by atoms with Crippen molar-refractivity contribution in [2.24, 2.45) is 0 Å². The minimum Gasteiger partial charge on any atom is -0.481 e. The highest BCUT2D eigenvalue weighted by Gasteiger charge is 2.17. The van der Waals surface area contributed by atoms with Gasteiger partial charge >= 0.3 is 0 Å². The standard InChI is InChI=1S/C16H19N3O3S/c1-11(20)19-13(14-4-3-7-23-14)8-15(21)17-9-12-5-6-16(22-2)18-10-12/h3-7,10,13H,8-9H2,1-2H3,(H,17,21)(H,19,20)/t13-/m1/s1. The molecule has 2 aromatic heterocycles. The van der Waals surface area contributed by atoms with Crippen LogP contribution in [0.2, 0.25) is 0 Å². The van der Waals surface area contributed by atoms with E-state index < -0.39 is 0 Å². The van der Waals surface area contributed by atoms with Crippen molar-refractivity contribution >= 4 is 23.2 Å². The fraction of sp³-hybridized carbons (Fsp3) is 0.312. The van der Waals surface area contributed by atoms with Crippen molar-refractivity contribution in [2.45, 2.75) is 25.9 Å². The Hall–Kier alpha value is -2.41. The number of hydrogen-bond acceptors (Lipinski definition) is 5. The van der Waals surface area contributed by atoms with Crippen molar-refractivity contribution < 1.29 is 14.3 Å². The monoisotopic (exact) mass is 333 g/mol. The van der Waals surface area contributed by atoms with E-state index in [0.717, 1.165) is 10.4 Å². The maximum Gasteiger partial charge on any atom is 0.222 e. The van der Waals surface area contributed by atoms with Crippen LogP contribution in [-0.4, -0.2) is 23.9 Å². The largest absolute Gasteiger partial charge is 0.481 e. The normalized spacial score (nSPS) is 11.6. The predicted octanol–water partition coefficient (Wildman–Crippen LogP) is 2.04. The molecule has 2 N–H and O–H groups in total. The second kappa shape index (κ2) is 8.28. The van der Waals surface area contributed by atoms with E-state index in [1.165, 1.54) is 18.3 Å². The fourth-order valence-corrected chi connectivity index (χ4v) is 2.83. The Labute approximate surface area is 138 Å². The van der Waals surface area contributed by atoms with Gasteiger partial charge in [0.2, 0.25) is 17.7 Å². The maximum atomic E-state index is 12.1. The number of carbonyl (C=O) groups is 2. The number of nitrogens with one attached hydrogen (secondary N) is 2. The molecule has 7 heteroatoms. The summed E-state index contributed by atoms with van der Waals surface area (Å²) in [6.07, 6.45) is 1.85. The van der Waals surface area contributed by atoms with E-state index in [9.17, 15) is 9.59 Å². The smallest absolute Gasteiger partial charge is 0.222 e. The van der Waals surface area contributed by atoms with Crippen molar-refractivity contribution in [3.63, 3.8) is 0 Å². The average molecular weight is 333 g/mol. The number of nitrogens with zero attached hydrogens (tertiary/aromatic N) is 1. The van der Waals surface area contributed by atoms with Gasteiger partial charge in [-0.3, -0.25) is 9.59 Å². The molecule has 2 heterocycles. The molecule has 2 rings (SSSR count). The lowest BCUT2D eigenvalue weighted by Gasteiger charge is -2.16. The van der Waals surface area contributed by atoms with Crippen LogP contribution in [0.5, 0.6) is 5.88 Å². The highest BCUT2D eigenvalue weighted by molar-refractivity contribution is 7.10. The molecule has 0 saturated heterocycles. The van der Waals surface area contributed by atoms with Gasteiger partial charge in [0.05, 0.1) is 19.6 Å². The molecule has 0 fully saturated rings. The zero-order valence-corrected chi connectivity index (χ0v) is 13.9. The first-order valence-electron chi connectivity index (χ1n) is 7.14. The van der Waals surface area contributed by atoms with Crippen LogP contribution in [0.3, 0.4) is 0 Å². The van der Waals surface area contributed by atoms with Gasteiger partial charge in [0.25, 0.3) is 0 Å². The third-order valence-electron chi connectivity index (χ3n) is 3.15. The molecule has 0 saturated carbocycles. The summed E-state index contributed by atoms with van der Waals surface area (Å²) in [5.74, 6) is 0.243. The van der Waals surface area contributed by atoms with E-state index in [-0.39, 0.29) is 24.3 Å². The Morgan fingerprint density at radius 1 is 1.35 bits per heavy atom. The fourth-order valence-electron chi connectivity index (χ4n) is 2.05. The van der Waals surface area contributed by atoms with E-state index in [4.69, 9.17) is 4.74 Å². The van der Waals surface area contributed by atoms with E-state index in [1.54, 1.807) is 19.4 Å². The van der Waals surface area contributed by atoms with Crippen LogP contribution < -0.4 is 15.4 Å². The molecule has 0 aliphatic carbocycles. The van der Waals surface area contributed by atoms with Gasteiger partial charge in [0.15, 0.2) is 0 Å². The lowest BCUT2D eigenvalue weighted by molar-refractivity contribution is -0.122. The summed E-state index contributed by atoms with van der Waals surface area (Å²) in [5.41, 5.74) is 0.881.